The van der Waals surface area contributed by atoms with Crippen molar-refractivity contribution in [3.63, 3.8) is 0 Å². The maximum absolute atomic E-state index is 10.8. The number of rotatable bonds is 10. The first-order chi connectivity index (χ1) is 13.4. The summed E-state index contributed by atoms with van der Waals surface area (Å²) in [5.41, 5.74) is -0.235. The fraction of sp³-hybridized carbons (Fsp3) is 0.773. The number of likely N-dealkylation sites (tertiary alicyclic amines) is 1. The number of nitrogens with one attached hydrogen (secondary N) is 2. The van der Waals surface area contributed by atoms with Gasteiger partial charge in [0.05, 0.1) is 6.54 Å². The molecule has 0 radical (unpaired) electrons. The van der Waals surface area contributed by atoms with Crippen LogP contribution in [0.3, 0.4) is 0 Å². The van der Waals surface area contributed by atoms with Gasteiger partial charge < -0.3 is 25.1 Å². The molecule has 1 atom stereocenters. The van der Waals surface area contributed by atoms with Gasteiger partial charge in [-0.1, -0.05) is 12.8 Å². The van der Waals surface area contributed by atoms with Gasteiger partial charge in [-0.2, -0.15) is 0 Å². The fourth-order valence-corrected chi connectivity index (χ4v) is 3.85. The van der Waals surface area contributed by atoms with E-state index >= 15 is 0 Å². The second-order valence-corrected chi connectivity index (χ2v) is 8.19. The molecule has 1 saturated heterocycles. The van der Waals surface area contributed by atoms with Gasteiger partial charge in [0, 0.05) is 18.7 Å². The average Bonchev–Trinajstić information content (AvgIpc) is 3.02. The molecule has 6 nitrogen and oxygen atoms in total. The number of nitrogens with zero attached hydrogens (tertiary/aromatic N) is 2. The lowest BCUT2D eigenvalue weighted by atomic mass is 9.96. The third-order valence-corrected chi connectivity index (χ3v) is 5.40. The van der Waals surface area contributed by atoms with Crippen molar-refractivity contribution in [1.29, 1.82) is 0 Å². The molecule has 0 aromatic carbocycles. The molecule has 0 saturated carbocycles. The van der Waals surface area contributed by atoms with E-state index in [2.05, 4.69) is 27.4 Å². The Morgan fingerprint density at radius 1 is 1.17 bits per heavy atom. The third-order valence-electron chi connectivity index (χ3n) is 5.40. The molecule has 1 aliphatic rings. The van der Waals surface area contributed by atoms with E-state index in [4.69, 9.17) is 4.42 Å². The van der Waals surface area contributed by atoms with Crippen LogP contribution in [-0.2, 0) is 5.60 Å². The first-order valence-corrected chi connectivity index (χ1v) is 11.0. The van der Waals surface area contributed by atoms with Crippen LogP contribution in [0, 0.1) is 13.8 Å². The molecular formula is C22H41IN4O2. The number of unbranched alkanes of at least 4 members (excludes halogenated alkanes) is 2. The second-order valence-electron chi connectivity index (χ2n) is 8.19. The van der Waals surface area contributed by atoms with Gasteiger partial charge in [-0.15, -0.1) is 24.0 Å². The van der Waals surface area contributed by atoms with Gasteiger partial charge in [-0.25, -0.2) is 4.99 Å². The summed E-state index contributed by atoms with van der Waals surface area (Å²) in [6, 6.07) is 1.90. The largest absolute Gasteiger partial charge is 0.466 e. The van der Waals surface area contributed by atoms with E-state index in [1.54, 1.807) is 6.92 Å². The molecule has 3 N–H and O–H groups in total. The molecular weight excluding hydrogens is 479 g/mol. The Kier molecular flexibility index (Phi) is 12.2. The summed E-state index contributed by atoms with van der Waals surface area (Å²) >= 11 is 0. The number of aliphatic hydroxyl groups is 1. The van der Waals surface area contributed by atoms with Gasteiger partial charge in [0.1, 0.15) is 17.1 Å². The van der Waals surface area contributed by atoms with Crippen molar-refractivity contribution in [3.8, 4) is 0 Å². The summed E-state index contributed by atoms with van der Waals surface area (Å²) in [4.78, 5) is 7.20. The molecule has 0 aliphatic carbocycles. The predicted octanol–water partition coefficient (Wildman–Crippen LogP) is 3.93. The molecule has 1 aromatic rings. The minimum Gasteiger partial charge on any atom is -0.466 e. The highest BCUT2D eigenvalue weighted by molar-refractivity contribution is 14.0. The van der Waals surface area contributed by atoms with Crippen molar-refractivity contribution < 1.29 is 9.52 Å². The highest BCUT2D eigenvalue weighted by atomic mass is 127. The number of hydrogen-bond acceptors (Lipinski definition) is 4. The van der Waals surface area contributed by atoms with Crippen LogP contribution in [0.4, 0.5) is 0 Å². The topological polar surface area (TPSA) is 73.0 Å². The Hall–Kier alpha value is -0.800. The Balaban J connectivity index is 0.00000420. The van der Waals surface area contributed by atoms with Gasteiger partial charge in [-0.05, 0) is 79.1 Å². The first-order valence-electron chi connectivity index (χ1n) is 11.0. The summed E-state index contributed by atoms with van der Waals surface area (Å²) in [5.74, 6) is 2.33. The summed E-state index contributed by atoms with van der Waals surface area (Å²) in [5, 5.41) is 17.5. The molecule has 29 heavy (non-hydrogen) atoms. The lowest BCUT2D eigenvalue weighted by Gasteiger charge is -2.26. The number of piperidine rings is 1. The molecule has 2 rings (SSSR count). The monoisotopic (exact) mass is 520 g/mol. The van der Waals surface area contributed by atoms with Crippen molar-refractivity contribution in [2.75, 3.05) is 39.3 Å². The quantitative estimate of drug-likeness (QED) is 0.189. The maximum Gasteiger partial charge on any atom is 0.191 e. The van der Waals surface area contributed by atoms with Crippen molar-refractivity contribution in [2.24, 2.45) is 4.99 Å². The van der Waals surface area contributed by atoms with Gasteiger partial charge >= 0.3 is 0 Å². The van der Waals surface area contributed by atoms with Crippen LogP contribution < -0.4 is 10.6 Å². The SMILES string of the molecule is CCNC(=NCC(C)(O)c1cc(C)oc1C)NCCCCCN1CCCCC1.I. The minimum absolute atomic E-state index is 0. The molecule has 1 aromatic heterocycles. The standard InChI is InChI=1S/C22H40N4O2.HI/c1-5-23-21(24-12-8-6-9-13-26-14-10-7-11-15-26)25-17-22(4,27)20-16-18(2)28-19(20)3;/h16,27H,5-15,17H2,1-4H3,(H2,23,24,25);1H. The lowest BCUT2D eigenvalue weighted by Crippen LogP contribution is -2.39. The van der Waals surface area contributed by atoms with Gasteiger partial charge in [-0.3, -0.25) is 0 Å². The van der Waals surface area contributed by atoms with Crippen LogP contribution in [0.1, 0.15) is 69.5 Å². The van der Waals surface area contributed by atoms with Crippen LogP contribution in [0.15, 0.2) is 15.5 Å². The van der Waals surface area contributed by atoms with E-state index in [1.165, 1.54) is 51.7 Å². The van der Waals surface area contributed by atoms with Crippen LogP contribution in [0.2, 0.25) is 0 Å². The van der Waals surface area contributed by atoms with Crippen LogP contribution >= 0.6 is 24.0 Å². The highest BCUT2D eigenvalue weighted by Gasteiger charge is 2.27. The summed E-state index contributed by atoms with van der Waals surface area (Å²) in [7, 11) is 0. The fourth-order valence-electron chi connectivity index (χ4n) is 3.85. The zero-order chi connectivity index (χ0) is 20.4. The smallest absolute Gasteiger partial charge is 0.191 e. The number of aliphatic imine (C=N–C) groups is 1. The third kappa shape index (κ3) is 9.26. The van der Waals surface area contributed by atoms with Gasteiger partial charge in [0.15, 0.2) is 5.96 Å². The van der Waals surface area contributed by atoms with Gasteiger partial charge in [0.2, 0.25) is 0 Å². The summed E-state index contributed by atoms with van der Waals surface area (Å²) < 4.78 is 5.56. The molecule has 168 valence electrons. The van der Waals surface area contributed by atoms with Crippen molar-refractivity contribution in [1.82, 2.24) is 15.5 Å². The average molecular weight is 521 g/mol. The van der Waals surface area contributed by atoms with Crippen LogP contribution in [0.5, 0.6) is 0 Å². The van der Waals surface area contributed by atoms with Crippen LogP contribution in [0.25, 0.3) is 0 Å². The molecule has 1 unspecified atom stereocenters. The molecule has 7 heteroatoms. The molecule has 0 bridgehead atoms. The van der Waals surface area contributed by atoms with E-state index in [0.29, 0.717) is 0 Å². The molecule has 2 heterocycles. The Labute approximate surface area is 193 Å². The predicted molar refractivity (Wildman–Crippen MR) is 131 cm³/mol. The zero-order valence-corrected chi connectivity index (χ0v) is 21.1. The van der Waals surface area contributed by atoms with Crippen molar-refractivity contribution in [2.45, 2.75) is 71.8 Å². The van der Waals surface area contributed by atoms with Crippen molar-refractivity contribution >= 4 is 29.9 Å². The van der Waals surface area contributed by atoms with E-state index in [-0.39, 0.29) is 30.5 Å². The highest BCUT2D eigenvalue weighted by Crippen LogP contribution is 2.27. The number of hydrogen-bond donors (Lipinski definition) is 3. The summed E-state index contributed by atoms with van der Waals surface area (Å²) in [6.45, 7) is 13.4. The Morgan fingerprint density at radius 3 is 2.52 bits per heavy atom. The van der Waals surface area contributed by atoms with E-state index in [1.807, 2.05) is 19.9 Å². The first kappa shape index (κ1) is 26.2. The lowest BCUT2D eigenvalue weighted by molar-refractivity contribution is 0.0657. The zero-order valence-electron chi connectivity index (χ0n) is 18.7. The Morgan fingerprint density at radius 2 is 1.90 bits per heavy atom. The van der Waals surface area contributed by atoms with E-state index in [0.717, 1.165) is 42.6 Å². The van der Waals surface area contributed by atoms with E-state index in [9.17, 15) is 5.11 Å². The molecule has 1 fully saturated rings. The number of aryl methyl sites for hydroxylation is 2. The number of furan rings is 1. The molecule has 0 amide bonds. The normalized spacial score (nSPS) is 17.5. The molecule has 1 aliphatic heterocycles. The second kappa shape index (κ2) is 13.5. The van der Waals surface area contributed by atoms with Gasteiger partial charge in [0.25, 0.3) is 0 Å². The van der Waals surface area contributed by atoms with Crippen molar-refractivity contribution in [3.05, 3.63) is 23.2 Å². The number of halogens is 1. The van der Waals surface area contributed by atoms with E-state index < -0.39 is 5.60 Å². The molecule has 0 spiro atoms. The Bertz CT molecular complexity index is 610. The maximum atomic E-state index is 10.8. The van der Waals surface area contributed by atoms with Crippen LogP contribution in [-0.4, -0.2) is 55.2 Å². The number of guanidine groups is 1. The summed E-state index contributed by atoms with van der Waals surface area (Å²) in [6.07, 6.45) is 7.77. The minimum atomic E-state index is -1.04.